The first-order chi connectivity index (χ1) is 16.2. The molecule has 1 fully saturated rings. The minimum absolute atomic E-state index is 0.289. The van der Waals surface area contributed by atoms with Gasteiger partial charge in [0.2, 0.25) is 0 Å². The third kappa shape index (κ3) is 5.77. The summed E-state index contributed by atoms with van der Waals surface area (Å²) in [7, 11) is 5.15. The fourth-order valence-electron chi connectivity index (χ4n) is 4.07. The molecule has 2 heterocycles. The van der Waals surface area contributed by atoms with Gasteiger partial charge in [-0.15, -0.1) is 0 Å². The van der Waals surface area contributed by atoms with Crippen LogP contribution in [0.4, 0.5) is 5.69 Å². The molecular formula is C25H32N6O2. The smallest absolute Gasteiger partial charge is 0.191 e. The van der Waals surface area contributed by atoms with E-state index in [-0.39, 0.29) is 6.04 Å². The van der Waals surface area contributed by atoms with Gasteiger partial charge in [0.1, 0.15) is 17.3 Å². The highest BCUT2D eigenvalue weighted by Crippen LogP contribution is 2.30. The molecule has 0 amide bonds. The third-order valence-corrected chi connectivity index (χ3v) is 5.87. The van der Waals surface area contributed by atoms with E-state index < -0.39 is 0 Å². The van der Waals surface area contributed by atoms with Gasteiger partial charge in [-0.2, -0.15) is 0 Å². The van der Waals surface area contributed by atoms with E-state index in [2.05, 4.69) is 54.3 Å². The Kier molecular flexibility index (Phi) is 7.34. The van der Waals surface area contributed by atoms with Gasteiger partial charge in [0, 0.05) is 69.0 Å². The zero-order valence-corrected chi connectivity index (χ0v) is 19.5. The maximum absolute atomic E-state index is 5.42. The largest absolute Gasteiger partial charge is 0.497 e. The summed E-state index contributed by atoms with van der Waals surface area (Å²) in [6.07, 6.45) is 4.87. The lowest BCUT2D eigenvalue weighted by Gasteiger charge is -2.21. The summed E-state index contributed by atoms with van der Waals surface area (Å²) in [6, 6.07) is 16.7. The van der Waals surface area contributed by atoms with E-state index in [1.165, 1.54) is 5.56 Å². The van der Waals surface area contributed by atoms with E-state index in [9.17, 15) is 0 Å². The summed E-state index contributed by atoms with van der Waals surface area (Å²) in [5.41, 5.74) is 2.35. The summed E-state index contributed by atoms with van der Waals surface area (Å²) in [5, 5.41) is 6.96. The maximum atomic E-state index is 5.42. The number of ether oxygens (including phenoxy) is 2. The highest BCUT2D eigenvalue weighted by atomic mass is 16.5. The Morgan fingerprint density at radius 3 is 2.58 bits per heavy atom. The molecule has 33 heavy (non-hydrogen) atoms. The summed E-state index contributed by atoms with van der Waals surface area (Å²) >= 11 is 0. The molecule has 1 atom stereocenters. The van der Waals surface area contributed by atoms with Crippen LogP contribution < -0.4 is 25.0 Å². The van der Waals surface area contributed by atoms with Crippen LogP contribution in [0.1, 0.15) is 17.8 Å². The van der Waals surface area contributed by atoms with Gasteiger partial charge >= 0.3 is 0 Å². The Morgan fingerprint density at radius 1 is 1.12 bits per heavy atom. The van der Waals surface area contributed by atoms with Crippen LogP contribution in [-0.4, -0.2) is 55.9 Å². The predicted molar refractivity (Wildman–Crippen MR) is 131 cm³/mol. The summed E-state index contributed by atoms with van der Waals surface area (Å²) < 4.78 is 13.0. The zero-order chi connectivity index (χ0) is 23.0. The van der Waals surface area contributed by atoms with E-state index in [0.717, 1.165) is 55.0 Å². The SMILES string of the molecule is CN=C(NCc1nccn1Cc1ccccc1)NC1CCN(c2cc(OC)cc(OC)c2)C1. The van der Waals surface area contributed by atoms with Crippen molar-refractivity contribution in [2.45, 2.75) is 25.6 Å². The van der Waals surface area contributed by atoms with E-state index in [4.69, 9.17) is 9.47 Å². The second-order valence-corrected chi connectivity index (χ2v) is 8.03. The van der Waals surface area contributed by atoms with Crippen LogP contribution in [-0.2, 0) is 13.1 Å². The standard InChI is InChI=1S/C25H32N6O2/c1-26-25(28-16-24-27-10-12-31(24)17-19-7-5-4-6-8-19)29-20-9-11-30(18-20)21-13-22(32-2)15-23(14-21)33-3/h4-8,10,12-15,20H,9,11,16-18H2,1-3H3,(H2,26,28,29). The van der Waals surface area contributed by atoms with Crippen molar-refractivity contribution in [1.82, 2.24) is 20.2 Å². The Balaban J connectivity index is 1.32. The number of imidazole rings is 1. The Hall–Kier alpha value is -3.68. The number of benzene rings is 2. The fraction of sp³-hybridized carbons (Fsp3) is 0.360. The highest BCUT2D eigenvalue weighted by molar-refractivity contribution is 5.80. The number of anilines is 1. The van der Waals surface area contributed by atoms with Crippen molar-refractivity contribution in [3.05, 3.63) is 72.3 Å². The average Bonchev–Trinajstić information content (AvgIpc) is 3.51. The van der Waals surface area contributed by atoms with E-state index in [0.29, 0.717) is 6.54 Å². The molecule has 0 saturated carbocycles. The molecule has 0 bridgehead atoms. The van der Waals surface area contributed by atoms with Crippen molar-refractivity contribution in [1.29, 1.82) is 0 Å². The van der Waals surface area contributed by atoms with E-state index >= 15 is 0 Å². The molecule has 0 aliphatic carbocycles. The molecule has 8 nitrogen and oxygen atoms in total. The molecule has 1 aliphatic rings. The van der Waals surface area contributed by atoms with Crippen LogP contribution >= 0.6 is 0 Å². The minimum atomic E-state index is 0.289. The van der Waals surface area contributed by atoms with Crippen LogP contribution in [0.3, 0.4) is 0 Å². The highest BCUT2D eigenvalue weighted by Gasteiger charge is 2.24. The molecule has 0 radical (unpaired) electrons. The molecule has 4 rings (SSSR count). The first-order valence-electron chi connectivity index (χ1n) is 11.2. The minimum Gasteiger partial charge on any atom is -0.497 e. The van der Waals surface area contributed by atoms with Crippen molar-refractivity contribution >= 4 is 11.6 Å². The lowest BCUT2D eigenvalue weighted by Crippen LogP contribution is -2.44. The second kappa shape index (κ2) is 10.8. The molecule has 1 saturated heterocycles. The topological polar surface area (TPSA) is 75.9 Å². The van der Waals surface area contributed by atoms with E-state index in [1.807, 2.05) is 36.7 Å². The quantitative estimate of drug-likeness (QED) is 0.408. The van der Waals surface area contributed by atoms with Gasteiger partial charge < -0.3 is 29.6 Å². The molecule has 2 N–H and O–H groups in total. The Bertz CT molecular complexity index is 1040. The van der Waals surface area contributed by atoms with Crippen molar-refractivity contribution in [2.24, 2.45) is 4.99 Å². The lowest BCUT2D eigenvalue weighted by atomic mass is 10.2. The van der Waals surface area contributed by atoms with Gasteiger partial charge in [-0.25, -0.2) is 4.98 Å². The molecule has 1 aromatic heterocycles. The Labute approximate surface area is 195 Å². The predicted octanol–water partition coefficient (Wildman–Crippen LogP) is 2.89. The van der Waals surface area contributed by atoms with Crippen LogP contribution in [0.2, 0.25) is 0 Å². The van der Waals surface area contributed by atoms with Crippen molar-refractivity contribution in [3.63, 3.8) is 0 Å². The van der Waals surface area contributed by atoms with Crippen molar-refractivity contribution in [3.8, 4) is 11.5 Å². The number of hydrogen-bond donors (Lipinski definition) is 2. The zero-order valence-electron chi connectivity index (χ0n) is 19.5. The first-order valence-corrected chi connectivity index (χ1v) is 11.2. The molecule has 0 spiro atoms. The summed E-state index contributed by atoms with van der Waals surface area (Å²) in [5.74, 6) is 3.34. The first kappa shape index (κ1) is 22.5. The van der Waals surface area contributed by atoms with Gasteiger partial charge in [0.15, 0.2) is 5.96 Å². The fourth-order valence-corrected chi connectivity index (χ4v) is 4.07. The van der Waals surface area contributed by atoms with Crippen molar-refractivity contribution < 1.29 is 9.47 Å². The van der Waals surface area contributed by atoms with Crippen LogP contribution in [0.5, 0.6) is 11.5 Å². The van der Waals surface area contributed by atoms with E-state index in [1.54, 1.807) is 21.3 Å². The number of hydrogen-bond acceptors (Lipinski definition) is 5. The molecule has 2 aromatic carbocycles. The van der Waals surface area contributed by atoms with Gasteiger partial charge in [-0.05, 0) is 12.0 Å². The molecule has 8 heteroatoms. The number of methoxy groups -OCH3 is 2. The normalized spacial score (nSPS) is 16.0. The number of nitrogens with one attached hydrogen (secondary N) is 2. The van der Waals surface area contributed by atoms with Crippen molar-refractivity contribution in [2.75, 3.05) is 39.3 Å². The molecule has 1 unspecified atom stereocenters. The van der Waals surface area contributed by atoms with Crippen LogP contribution in [0.25, 0.3) is 0 Å². The molecule has 1 aliphatic heterocycles. The molecular weight excluding hydrogens is 416 g/mol. The van der Waals surface area contributed by atoms with Crippen LogP contribution in [0.15, 0.2) is 65.9 Å². The number of guanidine groups is 1. The van der Waals surface area contributed by atoms with Gasteiger partial charge in [-0.1, -0.05) is 30.3 Å². The number of aromatic nitrogens is 2. The molecule has 3 aromatic rings. The van der Waals surface area contributed by atoms with Gasteiger partial charge in [-0.3, -0.25) is 4.99 Å². The summed E-state index contributed by atoms with van der Waals surface area (Å²) in [4.78, 5) is 11.3. The van der Waals surface area contributed by atoms with Crippen LogP contribution in [0, 0.1) is 0 Å². The third-order valence-electron chi connectivity index (χ3n) is 5.87. The lowest BCUT2D eigenvalue weighted by molar-refractivity contribution is 0.394. The number of nitrogens with zero attached hydrogens (tertiary/aromatic N) is 4. The second-order valence-electron chi connectivity index (χ2n) is 8.03. The maximum Gasteiger partial charge on any atom is 0.191 e. The Morgan fingerprint density at radius 2 is 1.88 bits per heavy atom. The average molecular weight is 449 g/mol. The van der Waals surface area contributed by atoms with Gasteiger partial charge in [0.05, 0.1) is 20.8 Å². The number of aliphatic imine (C=N–C) groups is 1. The van der Waals surface area contributed by atoms with Gasteiger partial charge in [0.25, 0.3) is 0 Å². The number of rotatable bonds is 8. The monoisotopic (exact) mass is 448 g/mol. The molecule has 174 valence electrons. The summed E-state index contributed by atoms with van der Waals surface area (Å²) in [6.45, 7) is 3.22.